The summed E-state index contributed by atoms with van der Waals surface area (Å²) in [6.07, 6.45) is 8.21. The summed E-state index contributed by atoms with van der Waals surface area (Å²) >= 11 is 0. The van der Waals surface area contributed by atoms with Crippen LogP contribution in [0.3, 0.4) is 0 Å². The quantitative estimate of drug-likeness (QED) is 0.777. The first kappa shape index (κ1) is 16.3. The third-order valence-corrected chi connectivity index (χ3v) is 5.09. The molecule has 3 heteroatoms. The first-order valence-electron chi connectivity index (χ1n) is 8.59. The maximum atomic E-state index is 5.60. The van der Waals surface area contributed by atoms with Crippen molar-refractivity contribution in [1.29, 1.82) is 0 Å². The molecule has 1 heterocycles. The number of rotatable bonds is 7. The fraction of sp³-hybridized carbons (Fsp3) is 1.00. The van der Waals surface area contributed by atoms with Gasteiger partial charge in [0.15, 0.2) is 0 Å². The SMILES string of the molecule is COCC1(CN(CC(C)C)C2CCCC2)CCNCC1. The topological polar surface area (TPSA) is 24.5 Å². The molecular formula is C17H34N2O. The number of hydrogen-bond acceptors (Lipinski definition) is 3. The van der Waals surface area contributed by atoms with Crippen LogP contribution in [0.15, 0.2) is 0 Å². The maximum Gasteiger partial charge on any atom is 0.0531 e. The highest BCUT2D eigenvalue weighted by Gasteiger charge is 2.36. The highest BCUT2D eigenvalue weighted by Crippen LogP contribution is 2.34. The first-order chi connectivity index (χ1) is 9.65. The zero-order valence-corrected chi connectivity index (χ0v) is 13.8. The van der Waals surface area contributed by atoms with Crippen LogP contribution in [0.4, 0.5) is 0 Å². The molecule has 1 saturated carbocycles. The van der Waals surface area contributed by atoms with Gasteiger partial charge in [-0.2, -0.15) is 0 Å². The number of ether oxygens (including phenoxy) is 1. The molecule has 0 unspecified atom stereocenters. The van der Waals surface area contributed by atoms with Gasteiger partial charge in [0.05, 0.1) is 6.61 Å². The molecule has 20 heavy (non-hydrogen) atoms. The molecule has 0 aromatic rings. The molecule has 0 aromatic heterocycles. The van der Waals surface area contributed by atoms with Crippen LogP contribution in [0.1, 0.15) is 52.4 Å². The minimum atomic E-state index is 0.386. The van der Waals surface area contributed by atoms with Crippen molar-refractivity contribution in [3.63, 3.8) is 0 Å². The van der Waals surface area contributed by atoms with Gasteiger partial charge in [-0.25, -0.2) is 0 Å². The Balaban J connectivity index is 2.02. The third kappa shape index (κ3) is 4.44. The molecule has 2 aliphatic rings. The van der Waals surface area contributed by atoms with Gasteiger partial charge in [0, 0.05) is 31.7 Å². The van der Waals surface area contributed by atoms with Crippen molar-refractivity contribution in [2.75, 3.05) is 39.9 Å². The molecule has 1 aliphatic carbocycles. The van der Waals surface area contributed by atoms with E-state index in [1.807, 2.05) is 7.11 Å². The number of nitrogens with one attached hydrogen (secondary N) is 1. The summed E-state index contributed by atoms with van der Waals surface area (Å²) in [5.41, 5.74) is 0.386. The Morgan fingerprint density at radius 1 is 1.20 bits per heavy atom. The van der Waals surface area contributed by atoms with E-state index in [2.05, 4.69) is 24.1 Å². The lowest BCUT2D eigenvalue weighted by Crippen LogP contribution is -2.50. The van der Waals surface area contributed by atoms with Crippen molar-refractivity contribution >= 4 is 0 Å². The number of methoxy groups -OCH3 is 1. The average molecular weight is 282 g/mol. The predicted octanol–water partition coefficient (Wildman–Crippen LogP) is 2.90. The van der Waals surface area contributed by atoms with E-state index in [-0.39, 0.29) is 0 Å². The Morgan fingerprint density at radius 3 is 2.40 bits per heavy atom. The summed E-state index contributed by atoms with van der Waals surface area (Å²) in [5.74, 6) is 0.761. The molecule has 0 atom stereocenters. The van der Waals surface area contributed by atoms with E-state index in [1.165, 1.54) is 51.6 Å². The first-order valence-corrected chi connectivity index (χ1v) is 8.59. The Bertz CT molecular complexity index is 263. The van der Waals surface area contributed by atoms with Gasteiger partial charge in [-0.05, 0) is 44.7 Å². The average Bonchev–Trinajstić information content (AvgIpc) is 2.92. The molecule has 118 valence electrons. The highest BCUT2D eigenvalue weighted by atomic mass is 16.5. The van der Waals surface area contributed by atoms with E-state index >= 15 is 0 Å². The predicted molar refractivity (Wildman–Crippen MR) is 85.1 cm³/mol. The van der Waals surface area contributed by atoms with Crippen LogP contribution < -0.4 is 5.32 Å². The van der Waals surface area contributed by atoms with Gasteiger partial charge >= 0.3 is 0 Å². The van der Waals surface area contributed by atoms with Crippen LogP contribution in [0, 0.1) is 11.3 Å². The molecule has 2 rings (SSSR count). The number of nitrogens with zero attached hydrogens (tertiary/aromatic N) is 1. The van der Waals surface area contributed by atoms with Crippen molar-refractivity contribution in [3.8, 4) is 0 Å². The standard InChI is InChI=1S/C17H34N2O/c1-15(2)12-19(16-6-4-5-7-16)13-17(14-20-3)8-10-18-11-9-17/h15-16,18H,4-14H2,1-3H3. The van der Waals surface area contributed by atoms with Crippen molar-refractivity contribution in [2.45, 2.75) is 58.4 Å². The lowest BCUT2D eigenvalue weighted by molar-refractivity contribution is 0.00736. The molecule has 0 bridgehead atoms. The van der Waals surface area contributed by atoms with Crippen LogP contribution in [0.2, 0.25) is 0 Å². The van der Waals surface area contributed by atoms with Gasteiger partial charge in [0.25, 0.3) is 0 Å². The fourth-order valence-corrected chi connectivity index (χ4v) is 4.12. The lowest BCUT2D eigenvalue weighted by Gasteiger charge is -2.43. The van der Waals surface area contributed by atoms with Crippen molar-refractivity contribution in [1.82, 2.24) is 10.2 Å². The van der Waals surface area contributed by atoms with E-state index < -0.39 is 0 Å². The van der Waals surface area contributed by atoms with E-state index in [1.54, 1.807) is 0 Å². The van der Waals surface area contributed by atoms with Gasteiger partial charge in [-0.1, -0.05) is 26.7 Å². The van der Waals surface area contributed by atoms with Crippen molar-refractivity contribution in [2.24, 2.45) is 11.3 Å². The van der Waals surface area contributed by atoms with Crippen LogP contribution in [0.5, 0.6) is 0 Å². The van der Waals surface area contributed by atoms with E-state index in [0.717, 1.165) is 31.7 Å². The second-order valence-corrected chi connectivity index (χ2v) is 7.44. The minimum absolute atomic E-state index is 0.386. The summed E-state index contributed by atoms with van der Waals surface area (Å²) in [6, 6.07) is 0.834. The maximum absolute atomic E-state index is 5.60. The van der Waals surface area contributed by atoms with Crippen LogP contribution in [-0.2, 0) is 4.74 Å². The van der Waals surface area contributed by atoms with Gasteiger partial charge in [-0.15, -0.1) is 0 Å². The van der Waals surface area contributed by atoms with Gasteiger partial charge in [0.1, 0.15) is 0 Å². The molecule has 3 nitrogen and oxygen atoms in total. The van der Waals surface area contributed by atoms with Gasteiger partial charge in [0.2, 0.25) is 0 Å². The number of hydrogen-bond donors (Lipinski definition) is 1. The second kappa shape index (κ2) is 7.77. The third-order valence-electron chi connectivity index (χ3n) is 5.09. The molecule has 2 fully saturated rings. The molecule has 1 saturated heterocycles. The highest BCUT2D eigenvalue weighted by molar-refractivity contribution is 4.90. The summed E-state index contributed by atoms with van der Waals surface area (Å²) in [7, 11) is 1.87. The summed E-state index contributed by atoms with van der Waals surface area (Å²) in [5, 5.41) is 3.51. The van der Waals surface area contributed by atoms with E-state index in [9.17, 15) is 0 Å². The largest absolute Gasteiger partial charge is 0.384 e. The van der Waals surface area contributed by atoms with Gasteiger partial charge in [-0.3, -0.25) is 4.90 Å². The summed E-state index contributed by atoms with van der Waals surface area (Å²) in [6.45, 7) is 10.4. The Hall–Kier alpha value is -0.120. The summed E-state index contributed by atoms with van der Waals surface area (Å²) < 4.78 is 5.60. The Morgan fingerprint density at radius 2 is 1.85 bits per heavy atom. The molecule has 0 amide bonds. The van der Waals surface area contributed by atoms with Gasteiger partial charge < -0.3 is 10.1 Å². The zero-order chi connectivity index (χ0) is 14.4. The molecule has 0 radical (unpaired) electrons. The van der Waals surface area contributed by atoms with E-state index in [0.29, 0.717) is 5.41 Å². The van der Waals surface area contributed by atoms with Crippen LogP contribution in [-0.4, -0.2) is 50.8 Å². The zero-order valence-electron chi connectivity index (χ0n) is 13.8. The molecule has 1 N–H and O–H groups in total. The van der Waals surface area contributed by atoms with Crippen LogP contribution >= 0.6 is 0 Å². The van der Waals surface area contributed by atoms with Crippen LogP contribution in [0.25, 0.3) is 0 Å². The Kier molecular flexibility index (Phi) is 6.31. The molecule has 0 spiro atoms. The molecule has 1 aliphatic heterocycles. The van der Waals surface area contributed by atoms with Crippen molar-refractivity contribution in [3.05, 3.63) is 0 Å². The monoisotopic (exact) mass is 282 g/mol. The van der Waals surface area contributed by atoms with Crippen molar-refractivity contribution < 1.29 is 4.74 Å². The minimum Gasteiger partial charge on any atom is -0.384 e. The smallest absolute Gasteiger partial charge is 0.0531 e. The molecular weight excluding hydrogens is 248 g/mol. The number of piperidine rings is 1. The fourth-order valence-electron chi connectivity index (χ4n) is 4.12. The Labute approximate surface area is 125 Å². The van der Waals surface area contributed by atoms with E-state index in [4.69, 9.17) is 4.74 Å². The summed E-state index contributed by atoms with van der Waals surface area (Å²) in [4.78, 5) is 2.81. The normalized spacial score (nSPS) is 23.9. The lowest BCUT2D eigenvalue weighted by atomic mass is 9.78. The second-order valence-electron chi connectivity index (χ2n) is 7.44. The molecule has 0 aromatic carbocycles.